The molecule has 1 aromatic heterocycles. The largest absolute Gasteiger partial charge is 0.389 e. The third-order valence-corrected chi connectivity index (χ3v) is 3.74. The zero-order valence-electron chi connectivity index (χ0n) is 10.0. The van der Waals surface area contributed by atoms with Crippen molar-refractivity contribution >= 4 is 16.3 Å². The molecule has 0 radical (unpaired) electrons. The van der Waals surface area contributed by atoms with Gasteiger partial charge < -0.3 is 5.73 Å². The van der Waals surface area contributed by atoms with E-state index in [0.29, 0.717) is 16.3 Å². The number of nitrogens with two attached hydrogens (primary N) is 1. The lowest BCUT2D eigenvalue weighted by molar-refractivity contribution is 0.631. The van der Waals surface area contributed by atoms with E-state index in [-0.39, 0.29) is 5.82 Å². The Morgan fingerprint density at radius 1 is 0.947 bits per heavy atom. The molecule has 0 aliphatic rings. The van der Waals surface area contributed by atoms with Crippen molar-refractivity contribution in [3.05, 3.63) is 60.4 Å². The maximum Gasteiger partial charge on any atom is 0.132 e. The van der Waals surface area contributed by atoms with Crippen molar-refractivity contribution in [2.75, 3.05) is 5.73 Å². The van der Waals surface area contributed by atoms with Crippen LogP contribution in [-0.4, -0.2) is 4.98 Å². The minimum atomic E-state index is -0.306. The highest BCUT2D eigenvalue weighted by Gasteiger charge is 2.14. The molecule has 3 rings (SSSR count). The van der Waals surface area contributed by atoms with Crippen LogP contribution in [0.4, 0.5) is 9.39 Å². The van der Waals surface area contributed by atoms with Crippen molar-refractivity contribution in [2.45, 2.75) is 0 Å². The van der Waals surface area contributed by atoms with Gasteiger partial charge in [-0.15, -0.1) is 0 Å². The molecule has 0 aliphatic heterocycles. The molecule has 0 saturated heterocycles. The molecule has 3 aromatic rings. The maximum atomic E-state index is 13.8. The Labute approximate surface area is 114 Å². The molecular formula is C15H11FN2S. The average Bonchev–Trinajstić information content (AvgIpc) is 2.82. The van der Waals surface area contributed by atoms with Crippen LogP contribution in [-0.2, 0) is 0 Å². The molecule has 0 amide bonds. The van der Waals surface area contributed by atoms with Crippen molar-refractivity contribution in [2.24, 2.45) is 0 Å². The number of thiazole rings is 1. The van der Waals surface area contributed by atoms with Gasteiger partial charge in [-0.05, 0) is 12.1 Å². The molecule has 0 spiro atoms. The van der Waals surface area contributed by atoms with E-state index in [1.54, 1.807) is 18.2 Å². The Hall–Kier alpha value is -2.20. The molecule has 2 nitrogen and oxygen atoms in total. The number of halogens is 1. The van der Waals surface area contributed by atoms with Gasteiger partial charge in [-0.25, -0.2) is 9.37 Å². The van der Waals surface area contributed by atoms with Crippen LogP contribution in [0.25, 0.3) is 21.8 Å². The second-order valence-electron chi connectivity index (χ2n) is 4.08. The van der Waals surface area contributed by atoms with Gasteiger partial charge in [0.2, 0.25) is 0 Å². The van der Waals surface area contributed by atoms with Crippen LogP contribution in [0.3, 0.4) is 0 Å². The fourth-order valence-electron chi connectivity index (χ4n) is 1.88. The Morgan fingerprint density at radius 3 is 2.37 bits per heavy atom. The first-order valence-electron chi connectivity index (χ1n) is 5.82. The summed E-state index contributed by atoms with van der Waals surface area (Å²) in [5.41, 5.74) is 7.92. The number of anilines is 1. The summed E-state index contributed by atoms with van der Waals surface area (Å²) >= 11 is 1.37. The van der Waals surface area contributed by atoms with E-state index in [2.05, 4.69) is 4.98 Å². The van der Waals surface area contributed by atoms with Gasteiger partial charge in [-0.3, -0.25) is 0 Å². The quantitative estimate of drug-likeness (QED) is 0.758. The summed E-state index contributed by atoms with van der Waals surface area (Å²) in [6.07, 6.45) is 0. The standard InChI is InChI=1S/C15H11FN2S/c16-12-9-5-4-8-11(12)13-14(17)19-15(18-13)10-6-2-1-3-7-10/h1-9H,17H2. The van der Waals surface area contributed by atoms with Gasteiger partial charge in [-0.2, -0.15) is 0 Å². The van der Waals surface area contributed by atoms with Gasteiger partial charge in [0.1, 0.15) is 21.5 Å². The number of hydrogen-bond donors (Lipinski definition) is 1. The summed E-state index contributed by atoms with van der Waals surface area (Å²) in [6.45, 7) is 0. The van der Waals surface area contributed by atoms with Crippen molar-refractivity contribution in [1.29, 1.82) is 0 Å². The topological polar surface area (TPSA) is 38.9 Å². The van der Waals surface area contributed by atoms with E-state index in [1.807, 2.05) is 30.3 Å². The van der Waals surface area contributed by atoms with Crippen LogP contribution >= 0.6 is 11.3 Å². The van der Waals surface area contributed by atoms with E-state index in [1.165, 1.54) is 17.4 Å². The third kappa shape index (κ3) is 2.22. The van der Waals surface area contributed by atoms with E-state index in [0.717, 1.165) is 10.6 Å². The van der Waals surface area contributed by atoms with Gasteiger partial charge >= 0.3 is 0 Å². The number of nitrogens with zero attached hydrogens (tertiary/aromatic N) is 1. The van der Waals surface area contributed by atoms with Crippen LogP contribution in [0, 0.1) is 5.82 Å². The summed E-state index contributed by atoms with van der Waals surface area (Å²) in [5, 5.41) is 1.33. The molecule has 4 heteroatoms. The van der Waals surface area contributed by atoms with E-state index < -0.39 is 0 Å². The van der Waals surface area contributed by atoms with E-state index in [4.69, 9.17) is 5.73 Å². The molecular weight excluding hydrogens is 259 g/mol. The Balaban J connectivity index is 2.11. The third-order valence-electron chi connectivity index (χ3n) is 2.80. The molecule has 94 valence electrons. The maximum absolute atomic E-state index is 13.8. The second kappa shape index (κ2) is 4.82. The number of benzene rings is 2. The Bertz CT molecular complexity index is 707. The molecule has 2 aromatic carbocycles. The molecule has 0 fully saturated rings. The van der Waals surface area contributed by atoms with Gasteiger partial charge in [0.25, 0.3) is 0 Å². The van der Waals surface area contributed by atoms with Crippen LogP contribution in [0.2, 0.25) is 0 Å². The Morgan fingerprint density at radius 2 is 1.63 bits per heavy atom. The SMILES string of the molecule is Nc1sc(-c2ccccc2)nc1-c1ccccc1F. The van der Waals surface area contributed by atoms with Crippen LogP contribution in [0.15, 0.2) is 54.6 Å². The highest BCUT2D eigenvalue weighted by Crippen LogP contribution is 2.36. The summed E-state index contributed by atoms with van der Waals surface area (Å²) in [7, 11) is 0. The first-order chi connectivity index (χ1) is 9.25. The predicted molar refractivity (Wildman–Crippen MR) is 77.4 cm³/mol. The molecule has 0 aliphatic carbocycles. The molecule has 2 N–H and O–H groups in total. The fourth-order valence-corrected chi connectivity index (χ4v) is 2.73. The van der Waals surface area contributed by atoms with Crippen molar-refractivity contribution < 1.29 is 4.39 Å². The number of nitrogen functional groups attached to an aromatic ring is 1. The zero-order chi connectivity index (χ0) is 13.2. The molecule has 0 unspecified atom stereocenters. The normalized spacial score (nSPS) is 10.6. The lowest BCUT2D eigenvalue weighted by atomic mass is 10.1. The highest BCUT2D eigenvalue weighted by molar-refractivity contribution is 7.19. The molecule has 0 atom stereocenters. The first-order valence-corrected chi connectivity index (χ1v) is 6.64. The second-order valence-corrected chi connectivity index (χ2v) is 5.11. The van der Waals surface area contributed by atoms with E-state index in [9.17, 15) is 4.39 Å². The monoisotopic (exact) mass is 270 g/mol. The van der Waals surface area contributed by atoms with E-state index >= 15 is 0 Å². The van der Waals surface area contributed by atoms with Crippen molar-refractivity contribution in [3.63, 3.8) is 0 Å². The van der Waals surface area contributed by atoms with Crippen LogP contribution in [0.1, 0.15) is 0 Å². The summed E-state index contributed by atoms with van der Waals surface area (Å²) in [4.78, 5) is 4.46. The van der Waals surface area contributed by atoms with Gasteiger partial charge in [0.15, 0.2) is 0 Å². The van der Waals surface area contributed by atoms with Crippen molar-refractivity contribution in [1.82, 2.24) is 4.98 Å². The van der Waals surface area contributed by atoms with Gasteiger partial charge in [0.05, 0.1) is 0 Å². The smallest absolute Gasteiger partial charge is 0.132 e. The summed E-state index contributed by atoms with van der Waals surface area (Å²) in [6, 6.07) is 16.3. The molecule has 0 bridgehead atoms. The average molecular weight is 270 g/mol. The number of aromatic nitrogens is 1. The predicted octanol–water partition coefficient (Wildman–Crippen LogP) is 4.20. The van der Waals surface area contributed by atoms with Crippen molar-refractivity contribution in [3.8, 4) is 21.8 Å². The zero-order valence-corrected chi connectivity index (χ0v) is 10.8. The lowest BCUT2D eigenvalue weighted by Crippen LogP contribution is -1.89. The van der Waals surface area contributed by atoms with Gasteiger partial charge in [0, 0.05) is 11.1 Å². The van der Waals surface area contributed by atoms with Crippen LogP contribution < -0.4 is 5.73 Å². The minimum Gasteiger partial charge on any atom is -0.389 e. The molecule has 0 saturated carbocycles. The highest BCUT2D eigenvalue weighted by atomic mass is 32.1. The summed E-state index contributed by atoms with van der Waals surface area (Å²) in [5.74, 6) is -0.306. The van der Waals surface area contributed by atoms with Gasteiger partial charge in [-0.1, -0.05) is 53.8 Å². The Kier molecular flexibility index (Phi) is 3.01. The number of hydrogen-bond acceptors (Lipinski definition) is 3. The molecule has 1 heterocycles. The lowest BCUT2D eigenvalue weighted by Gasteiger charge is -1.99. The minimum absolute atomic E-state index is 0.306. The summed E-state index contributed by atoms with van der Waals surface area (Å²) < 4.78 is 13.8. The number of rotatable bonds is 2. The fraction of sp³-hybridized carbons (Fsp3) is 0. The first kappa shape index (κ1) is 11.9. The van der Waals surface area contributed by atoms with Crippen LogP contribution in [0.5, 0.6) is 0 Å². The molecule has 19 heavy (non-hydrogen) atoms.